The summed E-state index contributed by atoms with van der Waals surface area (Å²) in [6.45, 7) is 4.62. The van der Waals surface area contributed by atoms with Crippen LogP contribution in [0.1, 0.15) is 53.9 Å². The van der Waals surface area contributed by atoms with Crippen molar-refractivity contribution in [3.05, 3.63) is 40.3 Å². The van der Waals surface area contributed by atoms with E-state index < -0.39 is 0 Å². The van der Waals surface area contributed by atoms with Crippen molar-refractivity contribution in [1.82, 2.24) is 0 Å². The van der Waals surface area contributed by atoms with Crippen molar-refractivity contribution < 1.29 is 19.1 Å². The monoisotopic (exact) mass is 414 g/mol. The van der Waals surface area contributed by atoms with E-state index in [9.17, 15) is 9.59 Å². The molecule has 2 aromatic rings. The predicted octanol–water partition coefficient (Wildman–Crippen LogP) is 5.01. The summed E-state index contributed by atoms with van der Waals surface area (Å²) in [7, 11) is 0. The average molecular weight is 415 g/mol. The van der Waals surface area contributed by atoms with Crippen LogP contribution in [-0.2, 0) is 17.6 Å². The fourth-order valence-corrected chi connectivity index (χ4v) is 5.21. The fourth-order valence-electron chi connectivity index (χ4n) is 3.94. The van der Waals surface area contributed by atoms with Crippen LogP contribution in [0.2, 0.25) is 0 Å². The van der Waals surface area contributed by atoms with E-state index >= 15 is 0 Å². The second kappa shape index (κ2) is 8.45. The number of nitrogens with zero attached hydrogens (tertiary/aromatic N) is 1. The van der Waals surface area contributed by atoms with Crippen LogP contribution in [0.3, 0.4) is 0 Å². The first kappa shape index (κ1) is 19.8. The predicted molar refractivity (Wildman–Crippen MR) is 114 cm³/mol. The first-order valence-electron chi connectivity index (χ1n) is 10.3. The lowest BCUT2D eigenvalue weighted by molar-refractivity contribution is 0.0526. The molecule has 2 heterocycles. The molecule has 29 heavy (non-hydrogen) atoms. The minimum atomic E-state index is -0.351. The molecule has 1 aromatic heterocycles. The molecule has 154 valence electrons. The number of para-hydroxylation sites is 2. The molecule has 1 aromatic carbocycles. The van der Waals surface area contributed by atoms with Gasteiger partial charge in [-0.25, -0.2) is 9.59 Å². The van der Waals surface area contributed by atoms with E-state index in [2.05, 4.69) is 5.32 Å². The molecule has 2 aliphatic rings. The van der Waals surface area contributed by atoms with Gasteiger partial charge in [-0.2, -0.15) is 0 Å². The topological polar surface area (TPSA) is 67.9 Å². The summed E-state index contributed by atoms with van der Waals surface area (Å²) in [6, 6.07) is 7.31. The smallest absolute Gasteiger partial charge is 0.341 e. The minimum Gasteiger partial charge on any atom is -0.486 e. The van der Waals surface area contributed by atoms with E-state index in [4.69, 9.17) is 9.47 Å². The lowest BCUT2D eigenvalue weighted by atomic mass is 9.95. The zero-order valence-corrected chi connectivity index (χ0v) is 17.6. The van der Waals surface area contributed by atoms with E-state index in [1.165, 1.54) is 16.2 Å². The molecule has 0 radical (unpaired) electrons. The third-order valence-electron chi connectivity index (χ3n) is 5.41. The molecule has 0 unspecified atom stereocenters. The van der Waals surface area contributed by atoms with Crippen molar-refractivity contribution in [2.24, 2.45) is 0 Å². The number of aryl methyl sites for hydroxylation is 1. The van der Waals surface area contributed by atoms with Gasteiger partial charge in [0.2, 0.25) is 0 Å². The number of esters is 1. The summed E-state index contributed by atoms with van der Waals surface area (Å²) in [5, 5.41) is 3.61. The standard InChI is InChI=1S/C22H26N2O4S/c1-3-14-13-24(16-10-6-7-11-17(16)28-14)22(26)23-20-19(21(25)27-4-2)15-9-5-8-12-18(15)29-20/h6-7,10-11,14H,3-5,8-9,12-13H2,1-2H3,(H,23,26)/t14-/m0/s1. The molecule has 1 aliphatic heterocycles. The van der Waals surface area contributed by atoms with Gasteiger partial charge in [-0.1, -0.05) is 19.1 Å². The number of rotatable bonds is 4. The van der Waals surface area contributed by atoms with E-state index in [0.29, 0.717) is 29.5 Å². The largest absolute Gasteiger partial charge is 0.486 e. The highest BCUT2D eigenvalue weighted by Gasteiger charge is 2.32. The zero-order valence-electron chi connectivity index (χ0n) is 16.8. The number of urea groups is 1. The van der Waals surface area contributed by atoms with Gasteiger partial charge < -0.3 is 9.47 Å². The number of hydrogen-bond acceptors (Lipinski definition) is 5. The summed E-state index contributed by atoms with van der Waals surface area (Å²) in [5.74, 6) is 0.354. The Morgan fingerprint density at radius 1 is 1.24 bits per heavy atom. The Morgan fingerprint density at radius 3 is 2.83 bits per heavy atom. The first-order valence-corrected chi connectivity index (χ1v) is 11.1. The third-order valence-corrected chi connectivity index (χ3v) is 6.61. The number of hydrogen-bond donors (Lipinski definition) is 1. The van der Waals surface area contributed by atoms with Gasteiger partial charge in [0, 0.05) is 4.88 Å². The van der Waals surface area contributed by atoms with E-state index in [-0.39, 0.29) is 18.1 Å². The molecular formula is C22H26N2O4S. The summed E-state index contributed by atoms with van der Waals surface area (Å²) < 4.78 is 11.3. The van der Waals surface area contributed by atoms with Crippen molar-refractivity contribution in [3.8, 4) is 5.75 Å². The van der Waals surface area contributed by atoms with Gasteiger partial charge in [0.05, 0.1) is 24.4 Å². The highest BCUT2D eigenvalue weighted by molar-refractivity contribution is 7.17. The Balaban J connectivity index is 1.65. The molecule has 1 aliphatic carbocycles. The molecule has 0 spiro atoms. The van der Waals surface area contributed by atoms with Crippen LogP contribution >= 0.6 is 11.3 Å². The molecule has 0 saturated heterocycles. The minimum absolute atomic E-state index is 0.0586. The van der Waals surface area contributed by atoms with Crippen LogP contribution in [0.5, 0.6) is 5.75 Å². The Kier molecular flexibility index (Phi) is 5.76. The van der Waals surface area contributed by atoms with Crippen LogP contribution in [-0.4, -0.2) is 31.3 Å². The van der Waals surface area contributed by atoms with E-state index in [1.54, 1.807) is 11.8 Å². The number of carbonyl (C=O) groups excluding carboxylic acids is 2. The number of benzene rings is 1. The first-order chi connectivity index (χ1) is 14.1. The molecule has 0 fully saturated rings. The van der Waals surface area contributed by atoms with Gasteiger partial charge in [0.15, 0.2) is 0 Å². The number of amides is 2. The van der Waals surface area contributed by atoms with E-state index in [1.807, 2.05) is 31.2 Å². The number of nitrogens with one attached hydrogen (secondary N) is 1. The lowest BCUT2D eigenvalue weighted by Crippen LogP contribution is -2.45. The molecule has 0 bridgehead atoms. The number of carbonyl (C=O) groups is 2. The quantitative estimate of drug-likeness (QED) is 0.714. The maximum absolute atomic E-state index is 13.3. The summed E-state index contributed by atoms with van der Waals surface area (Å²) in [4.78, 5) is 28.8. The number of ether oxygens (including phenoxy) is 2. The molecular weight excluding hydrogens is 388 g/mol. The average Bonchev–Trinajstić information content (AvgIpc) is 3.10. The Hall–Kier alpha value is -2.54. The molecule has 1 atom stereocenters. The van der Waals surface area contributed by atoms with Crippen LogP contribution in [0.4, 0.5) is 15.5 Å². The van der Waals surface area contributed by atoms with Gasteiger partial charge in [0.1, 0.15) is 16.9 Å². The highest BCUT2D eigenvalue weighted by Crippen LogP contribution is 2.40. The lowest BCUT2D eigenvalue weighted by Gasteiger charge is -2.34. The SMILES string of the molecule is CCOC(=O)c1c(NC(=O)N2C[C@H](CC)Oc3ccccc32)sc2c1CCCC2. The van der Waals surface area contributed by atoms with Crippen LogP contribution < -0.4 is 15.0 Å². The van der Waals surface area contributed by atoms with Crippen LogP contribution in [0.25, 0.3) is 0 Å². The van der Waals surface area contributed by atoms with Gasteiger partial charge in [-0.3, -0.25) is 10.2 Å². The molecule has 0 saturated carbocycles. The van der Waals surface area contributed by atoms with Crippen LogP contribution in [0.15, 0.2) is 24.3 Å². The fraction of sp³-hybridized carbons (Fsp3) is 0.455. The van der Waals surface area contributed by atoms with Crippen molar-refractivity contribution in [1.29, 1.82) is 0 Å². The van der Waals surface area contributed by atoms with Gasteiger partial charge >= 0.3 is 12.0 Å². The second-order valence-electron chi connectivity index (χ2n) is 7.29. The van der Waals surface area contributed by atoms with Crippen molar-refractivity contribution >= 4 is 34.0 Å². The molecule has 1 N–H and O–H groups in total. The Bertz CT molecular complexity index is 924. The molecule has 6 nitrogen and oxygen atoms in total. The second-order valence-corrected chi connectivity index (χ2v) is 8.40. The third kappa shape index (κ3) is 3.83. The maximum Gasteiger partial charge on any atom is 0.341 e. The maximum atomic E-state index is 13.3. The summed E-state index contributed by atoms with van der Waals surface area (Å²) in [6.07, 6.45) is 4.71. The van der Waals surface area contributed by atoms with Crippen LogP contribution in [0, 0.1) is 0 Å². The summed E-state index contributed by atoms with van der Waals surface area (Å²) >= 11 is 1.51. The number of thiophene rings is 1. The van der Waals surface area contributed by atoms with E-state index in [0.717, 1.165) is 43.4 Å². The van der Waals surface area contributed by atoms with Crippen molar-refractivity contribution in [2.45, 2.75) is 52.1 Å². The zero-order chi connectivity index (χ0) is 20.4. The van der Waals surface area contributed by atoms with Crippen molar-refractivity contribution in [3.63, 3.8) is 0 Å². The van der Waals surface area contributed by atoms with Gasteiger partial charge in [0.25, 0.3) is 0 Å². The van der Waals surface area contributed by atoms with Gasteiger partial charge in [-0.15, -0.1) is 11.3 Å². The number of fused-ring (bicyclic) bond motifs is 2. The Morgan fingerprint density at radius 2 is 2.03 bits per heavy atom. The normalized spacial score (nSPS) is 17.7. The molecule has 4 rings (SSSR count). The highest BCUT2D eigenvalue weighted by atomic mass is 32.1. The molecule has 7 heteroatoms. The Labute approximate surface area is 174 Å². The van der Waals surface area contributed by atoms with Gasteiger partial charge in [-0.05, 0) is 56.7 Å². The molecule has 2 amide bonds. The van der Waals surface area contributed by atoms with Crippen molar-refractivity contribution in [2.75, 3.05) is 23.4 Å². The summed E-state index contributed by atoms with van der Waals surface area (Å²) in [5.41, 5.74) is 2.33. The number of anilines is 2.